The second-order valence-electron chi connectivity index (χ2n) is 6.72. The molecule has 0 bridgehead atoms. The van der Waals surface area contributed by atoms with Crippen LogP contribution in [-0.2, 0) is 11.2 Å². The van der Waals surface area contributed by atoms with Gasteiger partial charge in [0.1, 0.15) is 11.3 Å². The number of hydrogen-bond acceptors (Lipinski definition) is 3. The van der Waals surface area contributed by atoms with Gasteiger partial charge >= 0.3 is 0 Å². The number of benzene rings is 1. The Bertz CT molecular complexity index is 683. The average molecular weight is 315 g/mol. The topological polar surface area (TPSA) is 42.7 Å². The van der Waals surface area contributed by atoms with Gasteiger partial charge in [-0.05, 0) is 43.7 Å². The van der Waals surface area contributed by atoms with Crippen molar-refractivity contribution in [3.05, 3.63) is 30.0 Å². The van der Waals surface area contributed by atoms with Gasteiger partial charge in [-0.3, -0.25) is 4.79 Å². The van der Waals surface area contributed by atoms with Gasteiger partial charge in [0.25, 0.3) is 0 Å². The molecule has 0 atom stereocenters. The Morgan fingerprint density at radius 2 is 2.04 bits per heavy atom. The molecule has 3 rings (SSSR count). The minimum atomic E-state index is 0.170. The SMILES string of the molecule is COc1ccc2c(CC(=O)N(C)C3CCC(C)CC3)coc2c1. The van der Waals surface area contributed by atoms with Crippen molar-refractivity contribution in [3.63, 3.8) is 0 Å². The first kappa shape index (κ1) is 15.9. The van der Waals surface area contributed by atoms with Crippen LogP contribution in [0, 0.1) is 5.92 Å². The molecule has 1 aromatic heterocycles. The first-order chi connectivity index (χ1) is 11.1. The van der Waals surface area contributed by atoms with Crippen LogP contribution in [0.3, 0.4) is 0 Å². The Labute approximate surface area is 137 Å². The lowest BCUT2D eigenvalue weighted by Gasteiger charge is -2.33. The van der Waals surface area contributed by atoms with Gasteiger partial charge in [-0.2, -0.15) is 0 Å². The summed E-state index contributed by atoms with van der Waals surface area (Å²) in [7, 11) is 3.57. The molecule has 0 N–H and O–H groups in total. The summed E-state index contributed by atoms with van der Waals surface area (Å²) in [5.74, 6) is 1.73. The van der Waals surface area contributed by atoms with Crippen molar-refractivity contribution in [2.24, 2.45) is 5.92 Å². The Kier molecular flexibility index (Phi) is 4.60. The van der Waals surface area contributed by atoms with E-state index < -0.39 is 0 Å². The maximum absolute atomic E-state index is 12.6. The lowest BCUT2D eigenvalue weighted by Crippen LogP contribution is -2.40. The highest BCUT2D eigenvalue weighted by atomic mass is 16.5. The van der Waals surface area contributed by atoms with Crippen LogP contribution < -0.4 is 4.74 Å². The second kappa shape index (κ2) is 6.65. The quantitative estimate of drug-likeness (QED) is 0.856. The summed E-state index contributed by atoms with van der Waals surface area (Å²) in [5, 5.41) is 0.991. The number of carbonyl (C=O) groups is 1. The third-order valence-electron chi connectivity index (χ3n) is 5.13. The maximum Gasteiger partial charge on any atom is 0.227 e. The molecule has 2 aromatic rings. The van der Waals surface area contributed by atoms with Crippen molar-refractivity contribution in [3.8, 4) is 5.75 Å². The van der Waals surface area contributed by atoms with Crippen LogP contribution in [-0.4, -0.2) is 31.0 Å². The summed E-state index contributed by atoms with van der Waals surface area (Å²) in [6.45, 7) is 2.30. The molecule has 0 unspecified atom stereocenters. The van der Waals surface area contributed by atoms with Gasteiger partial charge in [0.05, 0.1) is 19.8 Å². The molecular formula is C19H25NO3. The predicted octanol–water partition coefficient (Wildman–Crippen LogP) is 4.02. The number of likely N-dealkylation sites (N-methyl/N-ethyl adjacent to an activating group) is 1. The molecule has 0 aliphatic heterocycles. The first-order valence-corrected chi connectivity index (χ1v) is 8.38. The average Bonchev–Trinajstić information content (AvgIpc) is 2.97. The van der Waals surface area contributed by atoms with E-state index in [1.807, 2.05) is 30.1 Å². The van der Waals surface area contributed by atoms with Crippen LogP contribution in [0.1, 0.15) is 38.2 Å². The minimum Gasteiger partial charge on any atom is -0.497 e. The number of rotatable bonds is 4. The molecule has 1 aliphatic rings. The summed E-state index contributed by atoms with van der Waals surface area (Å²) < 4.78 is 10.8. The molecule has 124 valence electrons. The number of amides is 1. The molecular weight excluding hydrogens is 290 g/mol. The van der Waals surface area contributed by atoms with E-state index in [0.29, 0.717) is 12.5 Å². The maximum atomic E-state index is 12.6. The van der Waals surface area contributed by atoms with Crippen molar-refractivity contribution in [1.82, 2.24) is 4.90 Å². The van der Waals surface area contributed by atoms with Crippen LogP contribution in [0.5, 0.6) is 5.75 Å². The predicted molar refractivity (Wildman–Crippen MR) is 90.7 cm³/mol. The van der Waals surface area contributed by atoms with Crippen molar-refractivity contribution < 1.29 is 13.9 Å². The summed E-state index contributed by atoms with van der Waals surface area (Å²) in [4.78, 5) is 14.6. The van der Waals surface area contributed by atoms with Crippen LogP contribution in [0.25, 0.3) is 11.0 Å². The largest absolute Gasteiger partial charge is 0.497 e. The highest BCUT2D eigenvalue weighted by Gasteiger charge is 2.25. The molecule has 0 saturated heterocycles. The van der Waals surface area contributed by atoms with E-state index in [2.05, 4.69) is 6.92 Å². The minimum absolute atomic E-state index is 0.170. The molecule has 4 heteroatoms. The van der Waals surface area contributed by atoms with Crippen LogP contribution in [0.4, 0.5) is 0 Å². The van der Waals surface area contributed by atoms with Crippen molar-refractivity contribution >= 4 is 16.9 Å². The number of nitrogens with zero attached hydrogens (tertiary/aromatic N) is 1. The fourth-order valence-corrected chi connectivity index (χ4v) is 3.45. The van der Waals surface area contributed by atoms with Crippen LogP contribution in [0.2, 0.25) is 0 Å². The Hall–Kier alpha value is -1.97. The molecule has 4 nitrogen and oxygen atoms in total. The number of fused-ring (bicyclic) bond motifs is 1. The Morgan fingerprint density at radius 1 is 1.30 bits per heavy atom. The molecule has 1 aliphatic carbocycles. The van der Waals surface area contributed by atoms with E-state index in [1.54, 1.807) is 13.4 Å². The molecule has 1 fully saturated rings. The zero-order chi connectivity index (χ0) is 16.4. The Morgan fingerprint density at radius 3 is 2.74 bits per heavy atom. The Balaban J connectivity index is 1.70. The van der Waals surface area contributed by atoms with E-state index in [9.17, 15) is 4.79 Å². The van der Waals surface area contributed by atoms with E-state index in [0.717, 1.165) is 41.0 Å². The number of hydrogen-bond donors (Lipinski definition) is 0. The summed E-state index contributed by atoms with van der Waals surface area (Å²) in [6.07, 6.45) is 6.76. The van der Waals surface area contributed by atoms with Crippen molar-refractivity contribution in [2.75, 3.05) is 14.2 Å². The van der Waals surface area contributed by atoms with Gasteiger partial charge in [-0.15, -0.1) is 0 Å². The van der Waals surface area contributed by atoms with Crippen LogP contribution in [0.15, 0.2) is 28.9 Å². The first-order valence-electron chi connectivity index (χ1n) is 8.38. The lowest BCUT2D eigenvalue weighted by molar-refractivity contribution is -0.132. The molecule has 1 aromatic carbocycles. The molecule has 0 radical (unpaired) electrons. The third-order valence-corrected chi connectivity index (χ3v) is 5.13. The van der Waals surface area contributed by atoms with Crippen molar-refractivity contribution in [2.45, 2.75) is 45.1 Å². The van der Waals surface area contributed by atoms with Gasteiger partial charge in [-0.25, -0.2) is 0 Å². The van der Waals surface area contributed by atoms with Gasteiger partial charge in [0, 0.05) is 30.1 Å². The summed E-state index contributed by atoms with van der Waals surface area (Å²) in [6, 6.07) is 6.10. The molecule has 1 saturated carbocycles. The fraction of sp³-hybridized carbons (Fsp3) is 0.526. The van der Waals surface area contributed by atoms with Gasteiger partial charge in [0.2, 0.25) is 5.91 Å². The van der Waals surface area contributed by atoms with E-state index in [4.69, 9.17) is 9.15 Å². The molecule has 23 heavy (non-hydrogen) atoms. The summed E-state index contributed by atoms with van der Waals surface area (Å²) >= 11 is 0. The van der Waals surface area contributed by atoms with E-state index in [-0.39, 0.29) is 5.91 Å². The highest BCUT2D eigenvalue weighted by Crippen LogP contribution is 2.28. The number of methoxy groups -OCH3 is 1. The molecule has 1 heterocycles. The standard InChI is InChI=1S/C19H25NO3/c1-13-4-6-15(7-5-13)20(2)19(21)10-14-12-23-18-11-16(22-3)8-9-17(14)18/h8-9,11-13,15H,4-7,10H2,1-3H3. The monoisotopic (exact) mass is 315 g/mol. The number of ether oxygens (including phenoxy) is 1. The number of carbonyl (C=O) groups excluding carboxylic acids is 1. The molecule has 0 spiro atoms. The fourth-order valence-electron chi connectivity index (χ4n) is 3.45. The van der Waals surface area contributed by atoms with Gasteiger partial charge in [-0.1, -0.05) is 6.92 Å². The van der Waals surface area contributed by atoms with E-state index >= 15 is 0 Å². The summed E-state index contributed by atoms with van der Waals surface area (Å²) in [5.41, 5.74) is 1.71. The lowest BCUT2D eigenvalue weighted by atomic mass is 9.86. The zero-order valence-electron chi connectivity index (χ0n) is 14.2. The third kappa shape index (κ3) is 3.36. The zero-order valence-corrected chi connectivity index (χ0v) is 14.2. The van der Waals surface area contributed by atoms with Gasteiger partial charge in [0.15, 0.2) is 0 Å². The van der Waals surface area contributed by atoms with Crippen molar-refractivity contribution in [1.29, 1.82) is 0 Å². The highest BCUT2D eigenvalue weighted by molar-refractivity contribution is 5.88. The van der Waals surface area contributed by atoms with Gasteiger partial charge < -0.3 is 14.1 Å². The normalized spacial score (nSPS) is 21.3. The second-order valence-corrected chi connectivity index (χ2v) is 6.72. The molecule has 1 amide bonds. The van der Waals surface area contributed by atoms with Crippen LogP contribution >= 0.6 is 0 Å². The van der Waals surface area contributed by atoms with E-state index in [1.165, 1.54) is 12.8 Å². The number of furan rings is 1. The smallest absolute Gasteiger partial charge is 0.227 e.